The molecular weight excluding hydrogens is 338 g/mol. The van der Waals surface area contributed by atoms with Crippen LogP contribution in [0.15, 0.2) is 29.3 Å². The molecule has 1 saturated heterocycles. The lowest BCUT2D eigenvalue weighted by Crippen LogP contribution is -2.52. The van der Waals surface area contributed by atoms with Crippen molar-refractivity contribution in [1.29, 1.82) is 0 Å². The molecule has 1 aromatic rings. The van der Waals surface area contributed by atoms with Crippen LogP contribution in [-0.2, 0) is 4.79 Å². The number of aliphatic imine (C=N–C) groups is 1. The molecule has 0 aromatic heterocycles. The zero-order chi connectivity index (χ0) is 18.1. The summed E-state index contributed by atoms with van der Waals surface area (Å²) in [5, 5.41) is 6.89. The Morgan fingerprint density at radius 1 is 1.20 bits per heavy atom. The number of piperazine rings is 1. The Balaban J connectivity index is 1.91. The quantitative estimate of drug-likeness (QED) is 0.597. The van der Waals surface area contributed by atoms with Crippen LogP contribution in [-0.4, -0.2) is 62.6 Å². The van der Waals surface area contributed by atoms with Crippen molar-refractivity contribution in [2.24, 2.45) is 4.99 Å². The van der Waals surface area contributed by atoms with E-state index in [1.807, 2.05) is 32.0 Å². The van der Waals surface area contributed by atoms with E-state index in [0.717, 1.165) is 55.8 Å². The number of amides is 1. The van der Waals surface area contributed by atoms with Gasteiger partial charge in [-0.25, -0.2) is 4.99 Å². The lowest BCUT2D eigenvalue weighted by Gasteiger charge is -2.37. The second-order valence-electron chi connectivity index (χ2n) is 5.97. The van der Waals surface area contributed by atoms with Gasteiger partial charge in [-0.3, -0.25) is 4.79 Å². The highest BCUT2D eigenvalue weighted by Crippen LogP contribution is 2.20. The van der Waals surface area contributed by atoms with Gasteiger partial charge in [-0.1, -0.05) is 24.6 Å². The van der Waals surface area contributed by atoms with Crippen LogP contribution in [0, 0.1) is 0 Å². The Labute approximate surface area is 155 Å². The second kappa shape index (κ2) is 10.1. The fraction of sp³-hybridized carbons (Fsp3) is 0.556. The van der Waals surface area contributed by atoms with Crippen molar-refractivity contribution >= 4 is 29.2 Å². The number of anilines is 1. The van der Waals surface area contributed by atoms with Crippen LogP contribution >= 0.6 is 11.6 Å². The van der Waals surface area contributed by atoms with Gasteiger partial charge >= 0.3 is 0 Å². The van der Waals surface area contributed by atoms with E-state index in [9.17, 15) is 4.79 Å². The maximum Gasteiger partial charge on any atom is 0.241 e. The van der Waals surface area contributed by atoms with Gasteiger partial charge < -0.3 is 20.4 Å². The first-order chi connectivity index (χ1) is 12.1. The predicted octanol–water partition coefficient (Wildman–Crippen LogP) is 1.95. The third-order valence-electron chi connectivity index (χ3n) is 4.03. The van der Waals surface area contributed by atoms with E-state index < -0.39 is 0 Å². The minimum absolute atomic E-state index is 0.0326. The summed E-state index contributed by atoms with van der Waals surface area (Å²) in [6.07, 6.45) is 0.932. The summed E-state index contributed by atoms with van der Waals surface area (Å²) in [7, 11) is 0. The van der Waals surface area contributed by atoms with Gasteiger partial charge in [0.2, 0.25) is 5.91 Å². The number of benzene rings is 1. The van der Waals surface area contributed by atoms with Crippen LogP contribution in [0.25, 0.3) is 0 Å². The minimum Gasteiger partial charge on any atom is -0.368 e. The third kappa shape index (κ3) is 6.12. The van der Waals surface area contributed by atoms with Gasteiger partial charge in [0, 0.05) is 50.0 Å². The number of hydrogen-bond acceptors (Lipinski definition) is 3. The molecule has 7 heteroatoms. The molecule has 0 spiro atoms. The number of nitrogens with zero attached hydrogens (tertiary/aromatic N) is 3. The average molecular weight is 366 g/mol. The molecule has 1 amide bonds. The van der Waals surface area contributed by atoms with Crippen molar-refractivity contribution in [3.8, 4) is 0 Å². The Bertz CT molecular complexity index is 585. The Hall–Kier alpha value is -1.95. The topological polar surface area (TPSA) is 60.0 Å². The zero-order valence-corrected chi connectivity index (χ0v) is 15.9. The number of halogens is 1. The summed E-state index contributed by atoms with van der Waals surface area (Å²) >= 11 is 6.09. The molecule has 0 atom stereocenters. The molecule has 0 bridgehead atoms. The molecule has 0 aliphatic carbocycles. The van der Waals surface area contributed by atoms with Crippen LogP contribution in [0.2, 0.25) is 5.02 Å². The summed E-state index contributed by atoms with van der Waals surface area (Å²) in [4.78, 5) is 20.8. The standard InChI is InChI=1S/C18H28ClN5O/c1-3-8-21-17(25)14-22-18(20-4-2)24-11-9-23(10-12-24)16-7-5-6-15(19)13-16/h5-7,13H,3-4,8-12,14H2,1-2H3,(H,20,22)(H,21,25). The molecule has 1 fully saturated rings. The Morgan fingerprint density at radius 3 is 2.60 bits per heavy atom. The number of carbonyl (C=O) groups excluding carboxylic acids is 1. The number of guanidine groups is 1. The van der Waals surface area contributed by atoms with Crippen molar-refractivity contribution < 1.29 is 4.79 Å². The highest BCUT2D eigenvalue weighted by molar-refractivity contribution is 6.30. The fourth-order valence-corrected chi connectivity index (χ4v) is 2.93. The molecule has 2 N–H and O–H groups in total. The molecular formula is C18H28ClN5O. The summed E-state index contributed by atoms with van der Waals surface area (Å²) < 4.78 is 0. The largest absolute Gasteiger partial charge is 0.368 e. The molecule has 1 aliphatic heterocycles. The maximum atomic E-state index is 11.8. The molecule has 6 nitrogen and oxygen atoms in total. The summed E-state index contributed by atoms with van der Waals surface area (Å²) in [5.74, 6) is 0.773. The van der Waals surface area contributed by atoms with Crippen LogP contribution in [0.5, 0.6) is 0 Å². The number of carbonyl (C=O) groups is 1. The lowest BCUT2D eigenvalue weighted by atomic mass is 10.2. The van der Waals surface area contributed by atoms with E-state index in [-0.39, 0.29) is 12.5 Å². The number of hydrogen-bond donors (Lipinski definition) is 2. The van der Waals surface area contributed by atoms with E-state index in [1.165, 1.54) is 0 Å². The van der Waals surface area contributed by atoms with Crippen LogP contribution < -0.4 is 15.5 Å². The molecule has 2 rings (SSSR count). The van der Waals surface area contributed by atoms with Crippen LogP contribution in [0.4, 0.5) is 5.69 Å². The molecule has 0 unspecified atom stereocenters. The Kier molecular flexibility index (Phi) is 7.85. The highest BCUT2D eigenvalue weighted by atomic mass is 35.5. The normalized spacial score (nSPS) is 15.2. The van der Waals surface area contributed by atoms with Crippen LogP contribution in [0.1, 0.15) is 20.3 Å². The summed E-state index contributed by atoms with van der Waals surface area (Å²) in [6.45, 7) is 9.22. The fourth-order valence-electron chi connectivity index (χ4n) is 2.74. The van der Waals surface area contributed by atoms with Crippen molar-refractivity contribution in [3.05, 3.63) is 29.3 Å². The lowest BCUT2D eigenvalue weighted by molar-refractivity contribution is -0.119. The number of nitrogens with one attached hydrogen (secondary N) is 2. The van der Waals surface area contributed by atoms with E-state index in [4.69, 9.17) is 11.6 Å². The molecule has 138 valence electrons. The van der Waals surface area contributed by atoms with Gasteiger partial charge in [-0.05, 0) is 31.5 Å². The van der Waals surface area contributed by atoms with Gasteiger partial charge in [0.25, 0.3) is 0 Å². The third-order valence-corrected chi connectivity index (χ3v) is 4.27. The molecule has 25 heavy (non-hydrogen) atoms. The van der Waals surface area contributed by atoms with Crippen molar-refractivity contribution in [2.75, 3.05) is 50.7 Å². The van der Waals surface area contributed by atoms with E-state index in [0.29, 0.717) is 6.54 Å². The first kappa shape index (κ1) is 19.4. The van der Waals surface area contributed by atoms with Crippen LogP contribution in [0.3, 0.4) is 0 Å². The number of rotatable bonds is 6. The molecule has 0 saturated carbocycles. The van der Waals surface area contributed by atoms with E-state index in [2.05, 4.69) is 31.5 Å². The van der Waals surface area contributed by atoms with Gasteiger partial charge in [-0.2, -0.15) is 0 Å². The molecule has 0 radical (unpaired) electrons. The summed E-state index contributed by atoms with van der Waals surface area (Å²) in [5.41, 5.74) is 1.15. The van der Waals surface area contributed by atoms with Gasteiger partial charge in [0.15, 0.2) is 5.96 Å². The summed E-state index contributed by atoms with van der Waals surface area (Å²) in [6, 6.07) is 7.94. The maximum absolute atomic E-state index is 11.8. The van der Waals surface area contributed by atoms with Crippen molar-refractivity contribution in [3.63, 3.8) is 0 Å². The van der Waals surface area contributed by atoms with E-state index in [1.54, 1.807) is 0 Å². The van der Waals surface area contributed by atoms with Crippen molar-refractivity contribution in [2.45, 2.75) is 20.3 Å². The monoisotopic (exact) mass is 365 g/mol. The first-order valence-corrected chi connectivity index (χ1v) is 9.32. The molecule has 1 heterocycles. The first-order valence-electron chi connectivity index (χ1n) is 8.94. The smallest absolute Gasteiger partial charge is 0.241 e. The SMILES string of the molecule is CCCNC(=O)CN=C(NCC)N1CCN(c2cccc(Cl)c2)CC1. The Morgan fingerprint density at radius 2 is 1.96 bits per heavy atom. The predicted molar refractivity (Wildman–Crippen MR) is 105 cm³/mol. The van der Waals surface area contributed by atoms with Gasteiger partial charge in [0.05, 0.1) is 0 Å². The molecule has 1 aromatic carbocycles. The van der Waals surface area contributed by atoms with Gasteiger partial charge in [0.1, 0.15) is 6.54 Å². The molecule has 1 aliphatic rings. The second-order valence-corrected chi connectivity index (χ2v) is 6.41. The zero-order valence-electron chi connectivity index (χ0n) is 15.1. The van der Waals surface area contributed by atoms with Crippen molar-refractivity contribution in [1.82, 2.24) is 15.5 Å². The average Bonchev–Trinajstić information content (AvgIpc) is 2.63. The minimum atomic E-state index is -0.0326. The van der Waals surface area contributed by atoms with Gasteiger partial charge in [-0.15, -0.1) is 0 Å². The van der Waals surface area contributed by atoms with E-state index >= 15 is 0 Å². The highest BCUT2D eigenvalue weighted by Gasteiger charge is 2.20.